The van der Waals surface area contributed by atoms with Crippen LogP contribution in [0.2, 0.25) is 0 Å². The van der Waals surface area contributed by atoms with Gasteiger partial charge in [-0.25, -0.2) is 0 Å². The van der Waals surface area contributed by atoms with Gasteiger partial charge in [0, 0.05) is 0 Å². The number of aliphatic hydroxyl groups excluding tert-OH is 1. The Morgan fingerprint density at radius 2 is 1.54 bits per heavy atom. The zero-order chi connectivity index (χ0) is 18.7. The van der Waals surface area contributed by atoms with E-state index in [1.165, 1.54) is 5.56 Å². The van der Waals surface area contributed by atoms with Gasteiger partial charge in [0.25, 0.3) is 0 Å². The van der Waals surface area contributed by atoms with Gasteiger partial charge in [-0.1, -0.05) is 45.9 Å². The minimum atomic E-state index is -0.340. The molecule has 0 fully saturated rings. The van der Waals surface area contributed by atoms with Crippen molar-refractivity contribution >= 4 is 11.0 Å². The molecule has 138 valence electrons. The summed E-state index contributed by atoms with van der Waals surface area (Å²) in [5.41, 5.74) is 5.17. The Bertz CT molecular complexity index is 834. The molecule has 0 aliphatic heterocycles. The number of aryl methyl sites for hydroxylation is 1. The molecule has 0 saturated heterocycles. The molecule has 1 aromatic heterocycles. The molecule has 4 nitrogen and oxygen atoms in total. The lowest BCUT2D eigenvalue weighted by molar-refractivity contribution is 0.125. The molecular formula is C22H29N3O. The van der Waals surface area contributed by atoms with Gasteiger partial charge in [0.05, 0.1) is 11.8 Å². The Morgan fingerprint density at radius 1 is 0.923 bits per heavy atom. The minimum Gasteiger partial charge on any atom is -0.393 e. The van der Waals surface area contributed by atoms with E-state index >= 15 is 0 Å². The summed E-state index contributed by atoms with van der Waals surface area (Å²) in [5.74, 6) is 0.900. The zero-order valence-corrected chi connectivity index (χ0v) is 16.2. The predicted molar refractivity (Wildman–Crippen MR) is 107 cm³/mol. The third-order valence-electron chi connectivity index (χ3n) is 4.78. The summed E-state index contributed by atoms with van der Waals surface area (Å²) in [6.07, 6.45) is 2.48. The molecule has 1 unspecified atom stereocenters. The molecule has 0 amide bonds. The molecule has 3 rings (SSSR count). The number of benzene rings is 2. The van der Waals surface area contributed by atoms with Crippen LogP contribution in [-0.2, 0) is 12.8 Å². The van der Waals surface area contributed by atoms with Crippen molar-refractivity contribution in [2.24, 2.45) is 11.8 Å². The molecule has 1 atom stereocenters. The van der Waals surface area contributed by atoms with Gasteiger partial charge in [0.1, 0.15) is 11.0 Å². The Kier molecular flexibility index (Phi) is 5.72. The van der Waals surface area contributed by atoms with Crippen LogP contribution in [0.5, 0.6) is 0 Å². The SMILES string of the molecule is CC(C)CCc1cc(CC(O)C(C)C)cc(-n2nc3ccccc3n2)c1. The van der Waals surface area contributed by atoms with Gasteiger partial charge in [0.15, 0.2) is 0 Å². The highest BCUT2D eigenvalue weighted by Crippen LogP contribution is 2.20. The molecule has 2 aromatic carbocycles. The summed E-state index contributed by atoms with van der Waals surface area (Å²) < 4.78 is 0. The second kappa shape index (κ2) is 8.00. The van der Waals surface area contributed by atoms with Crippen LogP contribution in [0.4, 0.5) is 0 Å². The number of hydrogen-bond acceptors (Lipinski definition) is 3. The number of nitrogens with zero attached hydrogens (tertiary/aromatic N) is 3. The smallest absolute Gasteiger partial charge is 0.113 e. The highest BCUT2D eigenvalue weighted by molar-refractivity contribution is 5.73. The van der Waals surface area contributed by atoms with Crippen molar-refractivity contribution in [1.29, 1.82) is 0 Å². The molecule has 1 heterocycles. The van der Waals surface area contributed by atoms with Crippen molar-refractivity contribution in [2.45, 2.75) is 53.1 Å². The number of rotatable bonds is 7. The van der Waals surface area contributed by atoms with Gasteiger partial charge in [0.2, 0.25) is 0 Å². The van der Waals surface area contributed by atoms with E-state index in [-0.39, 0.29) is 12.0 Å². The maximum atomic E-state index is 10.3. The third-order valence-corrected chi connectivity index (χ3v) is 4.78. The number of aromatic nitrogens is 3. The number of hydrogen-bond donors (Lipinski definition) is 1. The molecular weight excluding hydrogens is 322 g/mol. The van der Waals surface area contributed by atoms with Crippen LogP contribution < -0.4 is 0 Å². The van der Waals surface area contributed by atoms with E-state index in [2.05, 4.69) is 56.1 Å². The van der Waals surface area contributed by atoms with Crippen LogP contribution in [-0.4, -0.2) is 26.2 Å². The van der Waals surface area contributed by atoms with Crippen LogP contribution in [0.3, 0.4) is 0 Å². The minimum absolute atomic E-state index is 0.239. The molecule has 0 aliphatic carbocycles. The first-order valence-electron chi connectivity index (χ1n) is 9.55. The molecule has 1 N–H and O–H groups in total. The lowest BCUT2D eigenvalue weighted by Gasteiger charge is -2.16. The Balaban J connectivity index is 1.97. The van der Waals surface area contributed by atoms with Crippen molar-refractivity contribution in [2.75, 3.05) is 0 Å². The quantitative estimate of drug-likeness (QED) is 0.678. The molecule has 0 radical (unpaired) electrons. The van der Waals surface area contributed by atoms with Gasteiger partial charge in [-0.15, -0.1) is 10.2 Å². The number of fused-ring (bicyclic) bond motifs is 1. The normalized spacial score (nSPS) is 13.0. The topological polar surface area (TPSA) is 50.9 Å². The predicted octanol–water partition coefficient (Wildman–Crippen LogP) is 4.57. The van der Waals surface area contributed by atoms with Crippen LogP contribution in [0.1, 0.15) is 45.2 Å². The van der Waals surface area contributed by atoms with Gasteiger partial charge < -0.3 is 5.11 Å². The van der Waals surface area contributed by atoms with Gasteiger partial charge in [-0.2, -0.15) is 4.80 Å². The fraction of sp³-hybridized carbons (Fsp3) is 0.455. The fourth-order valence-corrected chi connectivity index (χ4v) is 3.03. The summed E-state index contributed by atoms with van der Waals surface area (Å²) in [5, 5.41) is 19.6. The van der Waals surface area contributed by atoms with Crippen molar-refractivity contribution in [3.05, 3.63) is 53.6 Å². The standard InChI is InChI=1S/C22H29N3O/c1-15(2)9-10-17-11-18(14-22(26)16(3)4)13-19(12-17)25-23-20-7-5-6-8-21(20)24-25/h5-8,11-13,15-16,22,26H,9-10,14H2,1-4H3. The van der Waals surface area contributed by atoms with Crippen molar-refractivity contribution in [3.63, 3.8) is 0 Å². The molecule has 3 aromatic rings. The molecule has 0 aliphatic rings. The average Bonchev–Trinajstić information content (AvgIpc) is 3.04. The van der Waals surface area contributed by atoms with Gasteiger partial charge in [-0.05, 0) is 66.5 Å². The molecule has 0 spiro atoms. The summed E-state index contributed by atoms with van der Waals surface area (Å²) >= 11 is 0. The summed E-state index contributed by atoms with van der Waals surface area (Å²) in [4.78, 5) is 1.72. The van der Waals surface area contributed by atoms with E-state index in [1.54, 1.807) is 4.80 Å². The van der Waals surface area contributed by atoms with Crippen molar-refractivity contribution in [1.82, 2.24) is 15.0 Å². The second-order valence-corrected chi connectivity index (χ2v) is 7.93. The van der Waals surface area contributed by atoms with E-state index in [1.807, 2.05) is 24.3 Å². The van der Waals surface area contributed by atoms with Crippen LogP contribution in [0, 0.1) is 11.8 Å². The Labute approximate surface area is 155 Å². The largest absolute Gasteiger partial charge is 0.393 e. The maximum absolute atomic E-state index is 10.3. The summed E-state index contributed by atoms with van der Waals surface area (Å²) in [6, 6.07) is 14.4. The fourth-order valence-electron chi connectivity index (χ4n) is 3.03. The summed E-state index contributed by atoms with van der Waals surface area (Å²) in [7, 11) is 0. The average molecular weight is 351 g/mol. The number of aliphatic hydroxyl groups is 1. The molecule has 0 saturated carbocycles. The highest BCUT2D eigenvalue weighted by Gasteiger charge is 2.13. The molecule has 0 bridgehead atoms. The van der Waals surface area contributed by atoms with E-state index in [0.29, 0.717) is 12.3 Å². The van der Waals surface area contributed by atoms with E-state index in [9.17, 15) is 5.11 Å². The third kappa shape index (κ3) is 4.50. The lowest BCUT2D eigenvalue weighted by atomic mass is 9.95. The first-order chi connectivity index (χ1) is 12.4. The Morgan fingerprint density at radius 3 is 2.12 bits per heavy atom. The first-order valence-corrected chi connectivity index (χ1v) is 9.55. The first kappa shape index (κ1) is 18.6. The molecule has 26 heavy (non-hydrogen) atoms. The van der Waals surface area contributed by atoms with Crippen molar-refractivity contribution in [3.8, 4) is 5.69 Å². The second-order valence-electron chi connectivity index (χ2n) is 7.93. The van der Waals surface area contributed by atoms with E-state index < -0.39 is 0 Å². The summed E-state index contributed by atoms with van der Waals surface area (Å²) in [6.45, 7) is 8.59. The van der Waals surface area contributed by atoms with E-state index in [4.69, 9.17) is 0 Å². The monoisotopic (exact) mass is 351 g/mol. The van der Waals surface area contributed by atoms with Gasteiger partial charge in [-0.3, -0.25) is 0 Å². The highest BCUT2D eigenvalue weighted by atomic mass is 16.3. The maximum Gasteiger partial charge on any atom is 0.113 e. The van der Waals surface area contributed by atoms with Crippen LogP contribution in [0.25, 0.3) is 16.7 Å². The van der Waals surface area contributed by atoms with E-state index in [0.717, 1.165) is 35.1 Å². The van der Waals surface area contributed by atoms with Crippen LogP contribution >= 0.6 is 0 Å². The molecule has 4 heteroatoms. The Hall–Kier alpha value is -2.20. The zero-order valence-electron chi connectivity index (χ0n) is 16.2. The van der Waals surface area contributed by atoms with Crippen molar-refractivity contribution < 1.29 is 5.11 Å². The van der Waals surface area contributed by atoms with Crippen LogP contribution in [0.15, 0.2) is 42.5 Å². The van der Waals surface area contributed by atoms with Gasteiger partial charge >= 0.3 is 0 Å². The lowest BCUT2D eigenvalue weighted by Crippen LogP contribution is -2.18.